The summed E-state index contributed by atoms with van der Waals surface area (Å²) in [7, 11) is -3.49. The minimum absolute atomic E-state index is 0.129. The number of nitrogens with zero attached hydrogens (tertiary/aromatic N) is 2. The first kappa shape index (κ1) is 20.0. The molecule has 0 unspecified atom stereocenters. The van der Waals surface area contributed by atoms with Gasteiger partial charge in [-0.1, -0.05) is 23.4 Å². The third-order valence-corrected chi connectivity index (χ3v) is 7.00. The van der Waals surface area contributed by atoms with Gasteiger partial charge in [0.05, 0.1) is 6.04 Å². The quantitative estimate of drug-likeness (QED) is 0.605. The predicted molar refractivity (Wildman–Crippen MR) is 114 cm³/mol. The molecule has 1 N–H and O–H groups in total. The number of hydrogen-bond donors (Lipinski definition) is 1. The number of rotatable bonds is 4. The fourth-order valence-electron chi connectivity index (χ4n) is 4.24. The van der Waals surface area contributed by atoms with Crippen molar-refractivity contribution in [2.24, 2.45) is 5.41 Å². The summed E-state index contributed by atoms with van der Waals surface area (Å²) in [5.74, 6) is 6.93. The Kier molecular flexibility index (Phi) is 4.57. The Bertz CT molecular complexity index is 1380. The number of carbonyl (C=O) groups is 1. The summed E-state index contributed by atoms with van der Waals surface area (Å²) in [4.78, 5) is 20.9. The molecule has 1 atom stereocenters. The molecule has 0 radical (unpaired) electrons. The van der Waals surface area contributed by atoms with Gasteiger partial charge in [-0.2, -0.15) is 0 Å². The molecule has 0 saturated heterocycles. The number of carbonyl (C=O) groups excluding carboxylic acids is 1. The lowest BCUT2D eigenvalue weighted by Crippen LogP contribution is -2.39. The van der Waals surface area contributed by atoms with Gasteiger partial charge < -0.3 is 9.73 Å². The van der Waals surface area contributed by atoms with E-state index >= 15 is 0 Å². The summed E-state index contributed by atoms with van der Waals surface area (Å²) in [6, 6.07) is 7.86. The molecule has 5 rings (SSSR count). The molecular weight excluding hydrogens is 438 g/mol. The molecule has 9 heteroatoms. The van der Waals surface area contributed by atoms with Gasteiger partial charge in [0, 0.05) is 34.4 Å². The van der Waals surface area contributed by atoms with Crippen LogP contribution in [0.15, 0.2) is 46.0 Å². The summed E-state index contributed by atoms with van der Waals surface area (Å²) < 4.78 is 29.2. The third kappa shape index (κ3) is 3.80. The third-order valence-electron chi connectivity index (χ3n) is 5.78. The molecule has 2 heterocycles. The zero-order valence-electron chi connectivity index (χ0n) is 16.6. The van der Waals surface area contributed by atoms with Gasteiger partial charge >= 0.3 is 0 Å². The van der Waals surface area contributed by atoms with E-state index in [-0.39, 0.29) is 33.9 Å². The molecule has 158 valence electrons. The number of aromatic nitrogens is 2. The van der Waals surface area contributed by atoms with E-state index in [4.69, 9.17) is 16.0 Å². The van der Waals surface area contributed by atoms with E-state index in [1.54, 1.807) is 12.1 Å². The van der Waals surface area contributed by atoms with Gasteiger partial charge in [0.15, 0.2) is 26.3 Å². The van der Waals surface area contributed by atoms with Gasteiger partial charge in [0.25, 0.3) is 5.91 Å². The zero-order valence-corrected chi connectivity index (χ0v) is 18.1. The molecule has 1 spiro atoms. The van der Waals surface area contributed by atoms with Crippen LogP contribution in [0.3, 0.4) is 0 Å². The minimum atomic E-state index is -3.49. The molecule has 1 fully saturated rings. The average Bonchev–Trinajstić information content (AvgIpc) is 3.30. The number of hydrogen-bond acceptors (Lipinski definition) is 6. The zero-order chi connectivity index (χ0) is 21.8. The second-order valence-corrected chi connectivity index (χ2v) is 10.6. The molecule has 1 amide bonds. The van der Waals surface area contributed by atoms with E-state index in [1.165, 1.54) is 18.3 Å². The van der Waals surface area contributed by atoms with Crippen molar-refractivity contribution >= 4 is 38.4 Å². The first-order valence-corrected chi connectivity index (χ1v) is 12.0. The van der Waals surface area contributed by atoms with Crippen molar-refractivity contribution in [2.45, 2.75) is 36.2 Å². The van der Waals surface area contributed by atoms with Crippen LogP contribution >= 0.6 is 11.6 Å². The van der Waals surface area contributed by atoms with Crippen molar-refractivity contribution < 1.29 is 17.6 Å². The Balaban J connectivity index is 1.22. The Morgan fingerprint density at radius 1 is 1.26 bits per heavy atom. The lowest BCUT2D eigenvalue weighted by Gasteiger charge is -2.41. The summed E-state index contributed by atoms with van der Waals surface area (Å²) in [6.45, 7) is 0. The molecule has 2 aromatic heterocycles. The maximum atomic E-state index is 12.6. The summed E-state index contributed by atoms with van der Waals surface area (Å²) in [6.07, 6.45) is 4.70. The van der Waals surface area contributed by atoms with Crippen molar-refractivity contribution in [2.75, 3.05) is 6.26 Å². The van der Waals surface area contributed by atoms with Crippen LogP contribution in [-0.2, 0) is 9.84 Å². The monoisotopic (exact) mass is 455 g/mol. The Morgan fingerprint density at radius 3 is 2.84 bits per heavy atom. The normalized spacial score (nSPS) is 24.6. The molecule has 1 saturated carbocycles. The fourth-order valence-corrected chi connectivity index (χ4v) is 4.99. The van der Waals surface area contributed by atoms with Gasteiger partial charge in [0.2, 0.25) is 0 Å². The van der Waals surface area contributed by atoms with E-state index < -0.39 is 9.84 Å². The average molecular weight is 456 g/mol. The molecular formula is C22H18ClN3O4S. The van der Waals surface area contributed by atoms with Gasteiger partial charge in [0.1, 0.15) is 5.52 Å². The standard InChI is InChI=1S/C22H18ClN3O4S/c1-31(28,29)19-8-13(5-7-24-19)20(27)25-16-4-6-22(12-16)10-14(11-22)21-26-17-9-15(23)2-3-18(17)30-21/h2-3,5,7-9,14,16H,10-12H2,1H3,(H,25,27)/t14-,16-,22+/m0/s1. The van der Waals surface area contributed by atoms with Gasteiger partial charge in [-0.05, 0) is 49.6 Å². The van der Waals surface area contributed by atoms with Crippen LogP contribution in [0, 0.1) is 17.3 Å². The summed E-state index contributed by atoms with van der Waals surface area (Å²) in [5.41, 5.74) is 1.55. The number of oxazole rings is 1. The first-order chi connectivity index (χ1) is 14.7. The smallest absolute Gasteiger partial charge is 0.252 e. The number of fused-ring (bicyclic) bond motifs is 1. The Labute approximate surface area is 184 Å². The van der Waals surface area contributed by atoms with E-state index in [9.17, 15) is 13.2 Å². The molecule has 3 aromatic rings. The maximum absolute atomic E-state index is 12.6. The van der Waals surface area contributed by atoms with Crippen molar-refractivity contribution in [3.8, 4) is 11.8 Å². The Hall–Kier alpha value is -2.89. The van der Waals surface area contributed by atoms with Crippen LogP contribution in [0.5, 0.6) is 0 Å². The largest absolute Gasteiger partial charge is 0.440 e. The number of halogens is 1. The van der Waals surface area contributed by atoms with Crippen molar-refractivity contribution in [1.82, 2.24) is 15.3 Å². The molecule has 7 nitrogen and oxygen atoms in total. The molecule has 2 aliphatic rings. The van der Waals surface area contributed by atoms with Crippen molar-refractivity contribution in [1.29, 1.82) is 0 Å². The lowest BCUT2D eigenvalue weighted by atomic mass is 9.61. The second kappa shape index (κ2) is 7.08. The minimum Gasteiger partial charge on any atom is -0.440 e. The number of pyridine rings is 1. The van der Waals surface area contributed by atoms with Gasteiger partial charge in [-0.15, -0.1) is 0 Å². The van der Waals surface area contributed by atoms with Crippen molar-refractivity contribution in [3.63, 3.8) is 0 Å². The van der Waals surface area contributed by atoms with E-state index in [1.807, 2.05) is 6.07 Å². The topological polar surface area (TPSA) is 102 Å². The van der Waals surface area contributed by atoms with Crippen LogP contribution in [0.4, 0.5) is 0 Å². The SMILES string of the molecule is CS(=O)(=O)c1cc(C(=O)N[C@H]2C#C[C@]3(C2)C[C@@H](c2nc4cc(Cl)ccc4o2)C3)ccn1. The summed E-state index contributed by atoms with van der Waals surface area (Å²) in [5, 5.41) is 3.38. The van der Waals surface area contributed by atoms with Crippen LogP contribution in [-0.4, -0.2) is 36.6 Å². The van der Waals surface area contributed by atoms with Crippen LogP contribution in [0.2, 0.25) is 5.02 Å². The van der Waals surface area contributed by atoms with Gasteiger partial charge in [-0.3, -0.25) is 4.79 Å². The molecule has 31 heavy (non-hydrogen) atoms. The molecule has 0 aliphatic heterocycles. The number of sulfone groups is 1. The van der Waals surface area contributed by atoms with Crippen LogP contribution in [0.25, 0.3) is 11.1 Å². The highest BCUT2D eigenvalue weighted by atomic mass is 35.5. The van der Waals surface area contributed by atoms with E-state index in [0.29, 0.717) is 22.9 Å². The number of amides is 1. The first-order valence-electron chi connectivity index (χ1n) is 9.76. The molecule has 1 aromatic carbocycles. The number of nitrogens with one attached hydrogen (secondary N) is 1. The summed E-state index contributed by atoms with van der Waals surface area (Å²) >= 11 is 6.02. The van der Waals surface area contributed by atoms with E-state index in [2.05, 4.69) is 27.1 Å². The molecule has 2 aliphatic carbocycles. The van der Waals surface area contributed by atoms with Crippen LogP contribution in [0.1, 0.15) is 41.4 Å². The number of benzene rings is 1. The van der Waals surface area contributed by atoms with Crippen LogP contribution < -0.4 is 5.32 Å². The van der Waals surface area contributed by atoms with Gasteiger partial charge in [-0.25, -0.2) is 18.4 Å². The predicted octanol–water partition coefficient (Wildman–Crippen LogP) is 3.35. The second-order valence-electron chi connectivity index (χ2n) is 8.20. The Morgan fingerprint density at radius 2 is 2.06 bits per heavy atom. The highest BCUT2D eigenvalue weighted by Gasteiger charge is 2.49. The van der Waals surface area contributed by atoms with Crippen molar-refractivity contribution in [3.05, 3.63) is 53.0 Å². The highest BCUT2D eigenvalue weighted by Crippen LogP contribution is 2.55. The maximum Gasteiger partial charge on any atom is 0.252 e. The lowest BCUT2D eigenvalue weighted by molar-refractivity contribution is 0.0922. The highest BCUT2D eigenvalue weighted by molar-refractivity contribution is 7.90. The molecule has 0 bridgehead atoms. The fraction of sp³-hybridized carbons (Fsp3) is 0.318. The van der Waals surface area contributed by atoms with E-state index in [0.717, 1.165) is 24.6 Å².